The van der Waals surface area contributed by atoms with Crippen molar-refractivity contribution in [1.29, 1.82) is 0 Å². The quantitative estimate of drug-likeness (QED) is 0.862. The highest BCUT2D eigenvalue weighted by molar-refractivity contribution is 5.85. The number of halogens is 2. The summed E-state index contributed by atoms with van der Waals surface area (Å²) >= 11 is 0. The first-order valence-corrected chi connectivity index (χ1v) is 7.65. The summed E-state index contributed by atoms with van der Waals surface area (Å²) in [6.45, 7) is 0.468. The lowest BCUT2D eigenvalue weighted by molar-refractivity contribution is -0.127. The van der Waals surface area contributed by atoms with E-state index in [4.69, 9.17) is 5.73 Å². The third-order valence-electron chi connectivity index (χ3n) is 5.29. The molecule has 4 unspecified atom stereocenters. The average Bonchev–Trinajstić information content (AvgIpc) is 2.89. The van der Waals surface area contributed by atoms with Crippen LogP contribution in [0, 0.1) is 17.8 Å². The number of amides is 1. The van der Waals surface area contributed by atoms with Gasteiger partial charge in [-0.15, -0.1) is 35.0 Å². The third kappa shape index (κ3) is 2.96. The van der Waals surface area contributed by atoms with Gasteiger partial charge in [-0.1, -0.05) is 0 Å². The molecule has 6 nitrogen and oxygen atoms in total. The van der Waals surface area contributed by atoms with Crippen molar-refractivity contribution in [1.82, 2.24) is 20.1 Å². The van der Waals surface area contributed by atoms with Crippen molar-refractivity contribution < 1.29 is 4.79 Å². The van der Waals surface area contributed by atoms with Gasteiger partial charge in [0.05, 0.1) is 12.5 Å². The van der Waals surface area contributed by atoms with Gasteiger partial charge in [-0.25, -0.2) is 0 Å². The van der Waals surface area contributed by atoms with Crippen LogP contribution in [0.5, 0.6) is 0 Å². The molecule has 8 heteroatoms. The molecule has 0 spiro atoms. The molecule has 22 heavy (non-hydrogen) atoms. The van der Waals surface area contributed by atoms with E-state index in [2.05, 4.69) is 20.1 Å². The van der Waals surface area contributed by atoms with Gasteiger partial charge in [0.25, 0.3) is 0 Å². The first kappa shape index (κ1) is 17.5. The second kappa shape index (κ2) is 6.72. The number of nitrogens with zero attached hydrogens (tertiary/aromatic N) is 3. The van der Waals surface area contributed by atoms with E-state index in [9.17, 15) is 4.79 Å². The van der Waals surface area contributed by atoms with Crippen LogP contribution in [-0.4, -0.2) is 26.7 Å². The Bertz CT molecular complexity index is 531. The highest BCUT2D eigenvalue weighted by Gasteiger charge is 2.49. The molecule has 3 N–H and O–H groups in total. The van der Waals surface area contributed by atoms with E-state index in [1.807, 2.05) is 0 Å². The Labute approximate surface area is 142 Å². The second-order valence-corrected chi connectivity index (χ2v) is 6.54. The summed E-state index contributed by atoms with van der Waals surface area (Å²) in [5.41, 5.74) is 6.21. The molecule has 0 radical (unpaired) electrons. The van der Waals surface area contributed by atoms with Crippen LogP contribution < -0.4 is 11.1 Å². The van der Waals surface area contributed by atoms with Gasteiger partial charge >= 0.3 is 0 Å². The van der Waals surface area contributed by atoms with Crippen LogP contribution in [0.15, 0.2) is 6.33 Å². The third-order valence-corrected chi connectivity index (χ3v) is 5.29. The van der Waals surface area contributed by atoms with Crippen LogP contribution in [0.1, 0.15) is 44.0 Å². The summed E-state index contributed by atoms with van der Waals surface area (Å²) in [6, 6.07) is 0.594. The largest absolute Gasteiger partial charge is 0.348 e. The predicted octanol–water partition coefficient (Wildman–Crippen LogP) is 1.45. The zero-order valence-corrected chi connectivity index (χ0v) is 14.0. The summed E-state index contributed by atoms with van der Waals surface area (Å²) in [4.78, 5) is 12.4. The summed E-state index contributed by atoms with van der Waals surface area (Å²) in [6.07, 6.45) is 7.65. The number of nitrogens with one attached hydrogen (secondary N) is 1. The maximum absolute atomic E-state index is 12.4. The zero-order valence-electron chi connectivity index (χ0n) is 12.4. The number of fused-ring (bicyclic) bond motifs is 2. The fourth-order valence-electron chi connectivity index (χ4n) is 4.06. The molecule has 1 amide bonds. The monoisotopic (exact) mass is 347 g/mol. The lowest BCUT2D eigenvalue weighted by Crippen LogP contribution is -2.45. The van der Waals surface area contributed by atoms with E-state index in [0.29, 0.717) is 24.4 Å². The maximum atomic E-state index is 12.4. The van der Waals surface area contributed by atoms with Crippen molar-refractivity contribution in [2.24, 2.45) is 23.5 Å². The smallest absolute Gasteiger partial charge is 0.225 e. The minimum absolute atomic E-state index is 0. The molecular formula is C14H23Cl2N5O. The molecule has 0 saturated heterocycles. The molecule has 4 atom stereocenters. The van der Waals surface area contributed by atoms with Gasteiger partial charge in [0.2, 0.25) is 5.91 Å². The average molecular weight is 348 g/mol. The topological polar surface area (TPSA) is 85.8 Å². The number of carbonyl (C=O) groups excluding carboxylic acids is 1. The highest BCUT2D eigenvalue weighted by atomic mass is 35.5. The van der Waals surface area contributed by atoms with Gasteiger partial charge in [-0.2, -0.15) is 0 Å². The Hall–Kier alpha value is -0.850. The van der Waals surface area contributed by atoms with E-state index in [1.165, 1.54) is 19.3 Å². The van der Waals surface area contributed by atoms with Crippen LogP contribution in [-0.2, 0) is 11.3 Å². The summed E-state index contributed by atoms with van der Waals surface area (Å²) in [5.74, 6) is 2.03. The lowest BCUT2D eigenvalue weighted by Gasteiger charge is -2.26. The zero-order chi connectivity index (χ0) is 13.7. The Morgan fingerprint density at radius 3 is 2.64 bits per heavy atom. The fraction of sp³-hybridized carbons (Fsp3) is 0.786. The summed E-state index contributed by atoms with van der Waals surface area (Å²) in [5, 5.41) is 11.1. The van der Waals surface area contributed by atoms with Gasteiger partial charge in [0.1, 0.15) is 6.33 Å². The van der Waals surface area contributed by atoms with E-state index < -0.39 is 0 Å². The molecule has 0 aromatic carbocycles. The van der Waals surface area contributed by atoms with Gasteiger partial charge in [0.15, 0.2) is 5.82 Å². The van der Waals surface area contributed by atoms with Crippen LogP contribution in [0.4, 0.5) is 0 Å². The minimum atomic E-state index is 0. The van der Waals surface area contributed by atoms with Gasteiger partial charge in [-0.3, -0.25) is 4.79 Å². The SMILES string of the molecule is Cl.Cl.NC1C2CCC(C2)C1C(=O)NCc1nncn1C1CC1. The van der Waals surface area contributed by atoms with Crippen molar-refractivity contribution in [2.75, 3.05) is 0 Å². The molecule has 3 aliphatic rings. The number of carbonyl (C=O) groups is 1. The summed E-state index contributed by atoms with van der Waals surface area (Å²) in [7, 11) is 0. The highest BCUT2D eigenvalue weighted by Crippen LogP contribution is 2.47. The van der Waals surface area contributed by atoms with Crippen LogP contribution in [0.25, 0.3) is 0 Å². The number of rotatable bonds is 4. The summed E-state index contributed by atoms with van der Waals surface area (Å²) < 4.78 is 2.08. The Morgan fingerprint density at radius 1 is 1.27 bits per heavy atom. The predicted molar refractivity (Wildman–Crippen MR) is 86.9 cm³/mol. The van der Waals surface area contributed by atoms with E-state index >= 15 is 0 Å². The number of aromatic nitrogens is 3. The molecule has 2 bridgehead atoms. The van der Waals surface area contributed by atoms with E-state index in [0.717, 1.165) is 18.7 Å². The molecule has 1 heterocycles. The van der Waals surface area contributed by atoms with Gasteiger partial charge in [0, 0.05) is 12.1 Å². The van der Waals surface area contributed by atoms with E-state index in [1.54, 1.807) is 6.33 Å². The normalized spacial score (nSPS) is 32.2. The van der Waals surface area contributed by atoms with Crippen molar-refractivity contribution in [3.8, 4) is 0 Å². The van der Waals surface area contributed by atoms with Crippen LogP contribution in [0.2, 0.25) is 0 Å². The minimum Gasteiger partial charge on any atom is -0.348 e. The van der Waals surface area contributed by atoms with Crippen molar-refractivity contribution in [3.05, 3.63) is 12.2 Å². The molecule has 3 fully saturated rings. The Kier molecular flexibility index (Phi) is 5.35. The van der Waals surface area contributed by atoms with Gasteiger partial charge in [-0.05, 0) is 43.9 Å². The first-order chi connectivity index (χ1) is 9.74. The van der Waals surface area contributed by atoms with Crippen molar-refractivity contribution in [3.63, 3.8) is 0 Å². The molecule has 124 valence electrons. The number of hydrogen-bond acceptors (Lipinski definition) is 4. The van der Waals surface area contributed by atoms with Crippen molar-refractivity contribution in [2.45, 2.75) is 50.7 Å². The second-order valence-electron chi connectivity index (χ2n) is 6.54. The Balaban J connectivity index is 0.000000882. The van der Waals surface area contributed by atoms with Crippen LogP contribution in [0.3, 0.4) is 0 Å². The van der Waals surface area contributed by atoms with Gasteiger partial charge < -0.3 is 15.6 Å². The van der Waals surface area contributed by atoms with E-state index in [-0.39, 0.29) is 42.7 Å². The number of hydrogen-bond donors (Lipinski definition) is 2. The molecule has 3 saturated carbocycles. The molecule has 1 aromatic rings. The molecule has 3 aliphatic carbocycles. The maximum Gasteiger partial charge on any atom is 0.225 e. The molecule has 1 aromatic heterocycles. The molecular weight excluding hydrogens is 325 g/mol. The lowest BCUT2D eigenvalue weighted by atomic mass is 9.84. The Morgan fingerprint density at radius 2 is 2.00 bits per heavy atom. The number of nitrogens with two attached hydrogens (primary N) is 1. The molecule has 4 rings (SSSR count). The van der Waals surface area contributed by atoms with Crippen LogP contribution >= 0.6 is 24.8 Å². The molecule has 0 aliphatic heterocycles. The van der Waals surface area contributed by atoms with Crippen molar-refractivity contribution >= 4 is 30.7 Å². The first-order valence-electron chi connectivity index (χ1n) is 7.65. The fourth-order valence-corrected chi connectivity index (χ4v) is 4.06. The standard InChI is InChI=1S/C14H21N5O.2ClH/c15-13-9-2-1-8(5-9)12(13)14(20)16-6-11-18-17-7-19(11)10-3-4-10;;/h7-10,12-13H,1-6,15H2,(H,16,20);2*1H.